The highest BCUT2D eigenvalue weighted by atomic mass is 15.2. The second kappa shape index (κ2) is 6.02. The van der Waals surface area contributed by atoms with Crippen LogP contribution in [0.1, 0.15) is 26.0 Å². The largest absolute Gasteiger partial charge is 0.368 e. The Bertz CT molecular complexity index is 604. The molecule has 0 amide bonds. The van der Waals surface area contributed by atoms with Crippen LogP contribution in [0.25, 0.3) is 5.52 Å². The predicted molar refractivity (Wildman–Crippen MR) is 85.6 cm³/mol. The summed E-state index contributed by atoms with van der Waals surface area (Å²) in [6.45, 7) is 11.2. The van der Waals surface area contributed by atoms with Gasteiger partial charge >= 0.3 is 0 Å². The molecule has 2 aromatic heterocycles. The minimum absolute atomic E-state index is 0.717. The normalized spacial score (nSPS) is 19.7. The Hall–Kier alpha value is -1.62. The quantitative estimate of drug-likeness (QED) is 0.917. The van der Waals surface area contributed by atoms with Gasteiger partial charge in [-0.25, -0.2) is 9.50 Å². The first-order valence-electron chi connectivity index (χ1n) is 7.89. The zero-order valence-electron chi connectivity index (χ0n) is 13.2. The second-order valence-corrected chi connectivity index (χ2v) is 6.58. The maximum Gasteiger partial charge on any atom is 0.152 e. The molecule has 0 spiro atoms. The maximum absolute atomic E-state index is 4.46. The van der Waals surface area contributed by atoms with Gasteiger partial charge in [0.2, 0.25) is 0 Å². The molecular formula is C16H25N5. The Morgan fingerprint density at radius 1 is 1.43 bits per heavy atom. The third kappa shape index (κ3) is 3.35. The van der Waals surface area contributed by atoms with Crippen molar-refractivity contribution in [3.8, 4) is 0 Å². The molecule has 0 aromatic carbocycles. The Kier molecular flexibility index (Phi) is 4.10. The van der Waals surface area contributed by atoms with Gasteiger partial charge in [0.05, 0.1) is 5.69 Å². The van der Waals surface area contributed by atoms with Gasteiger partial charge in [-0.05, 0) is 37.8 Å². The Balaban J connectivity index is 1.60. The van der Waals surface area contributed by atoms with E-state index in [1.165, 1.54) is 26.1 Å². The molecule has 3 rings (SSSR count). The lowest BCUT2D eigenvalue weighted by Crippen LogP contribution is -2.26. The summed E-state index contributed by atoms with van der Waals surface area (Å²) in [4.78, 5) is 7.04. The molecule has 5 nitrogen and oxygen atoms in total. The summed E-state index contributed by atoms with van der Waals surface area (Å²) in [5.41, 5.74) is 2.09. The number of anilines is 1. The van der Waals surface area contributed by atoms with Crippen LogP contribution < -0.4 is 5.32 Å². The molecule has 1 aliphatic rings. The predicted octanol–water partition coefficient (Wildman–Crippen LogP) is 2.43. The van der Waals surface area contributed by atoms with E-state index >= 15 is 0 Å². The minimum atomic E-state index is 0.717. The van der Waals surface area contributed by atoms with Crippen molar-refractivity contribution in [1.82, 2.24) is 19.5 Å². The fourth-order valence-corrected chi connectivity index (χ4v) is 3.18. The summed E-state index contributed by atoms with van der Waals surface area (Å²) in [6.07, 6.45) is 4.98. The standard InChI is InChI=1S/C16H25N5/c1-12(2)10-20-6-4-14(11-20)9-18-16-15-8-13(3)19-21(15)7-5-17-16/h5,7-8,12,14H,4,6,9-11H2,1-3H3,(H,17,18). The molecular weight excluding hydrogens is 262 g/mol. The molecule has 0 saturated carbocycles. The van der Waals surface area contributed by atoms with Crippen LogP contribution >= 0.6 is 0 Å². The van der Waals surface area contributed by atoms with E-state index in [0.717, 1.165) is 35.4 Å². The van der Waals surface area contributed by atoms with E-state index in [1.807, 2.05) is 23.8 Å². The number of hydrogen-bond donors (Lipinski definition) is 1. The topological polar surface area (TPSA) is 45.5 Å². The van der Waals surface area contributed by atoms with Crippen molar-refractivity contribution < 1.29 is 0 Å². The van der Waals surface area contributed by atoms with Crippen LogP contribution in [-0.4, -0.2) is 45.7 Å². The first-order valence-corrected chi connectivity index (χ1v) is 7.89. The van der Waals surface area contributed by atoms with Crippen LogP contribution in [0.4, 0.5) is 5.82 Å². The Morgan fingerprint density at radius 2 is 2.29 bits per heavy atom. The number of nitrogens with zero attached hydrogens (tertiary/aromatic N) is 4. The number of likely N-dealkylation sites (tertiary alicyclic amines) is 1. The third-order valence-electron chi connectivity index (χ3n) is 4.06. The Morgan fingerprint density at radius 3 is 3.10 bits per heavy atom. The van der Waals surface area contributed by atoms with E-state index in [1.54, 1.807) is 0 Å². The summed E-state index contributed by atoms with van der Waals surface area (Å²) in [7, 11) is 0. The van der Waals surface area contributed by atoms with Crippen molar-refractivity contribution in [2.45, 2.75) is 27.2 Å². The van der Waals surface area contributed by atoms with Gasteiger partial charge in [-0.1, -0.05) is 13.8 Å². The van der Waals surface area contributed by atoms with Crippen molar-refractivity contribution in [3.63, 3.8) is 0 Å². The average molecular weight is 287 g/mol. The zero-order chi connectivity index (χ0) is 14.8. The minimum Gasteiger partial charge on any atom is -0.368 e. The van der Waals surface area contributed by atoms with Gasteiger partial charge in [-0.3, -0.25) is 0 Å². The van der Waals surface area contributed by atoms with E-state index in [4.69, 9.17) is 0 Å². The van der Waals surface area contributed by atoms with E-state index in [2.05, 4.69) is 40.2 Å². The summed E-state index contributed by atoms with van der Waals surface area (Å²) < 4.78 is 1.89. The monoisotopic (exact) mass is 287 g/mol. The van der Waals surface area contributed by atoms with Crippen molar-refractivity contribution in [3.05, 3.63) is 24.2 Å². The fraction of sp³-hybridized carbons (Fsp3) is 0.625. The third-order valence-corrected chi connectivity index (χ3v) is 4.06. The lowest BCUT2D eigenvalue weighted by molar-refractivity contribution is 0.289. The summed E-state index contributed by atoms with van der Waals surface area (Å²) >= 11 is 0. The Labute approximate surface area is 126 Å². The number of hydrogen-bond acceptors (Lipinski definition) is 4. The molecule has 1 unspecified atom stereocenters. The van der Waals surface area contributed by atoms with E-state index in [-0.39, 0.29) is 0 Å². The van der Waals surface area contributed by atoms with Crippen LogP contribution in [0.15, 0.2) is 18.5 Å². The van der Waals surface area contributed by atoms with Crippen molar-refractivity contribution in [2.24, 2.45) is 11.8 Å². The second-order valence-electron chi connectivity index (χ2n) is 6.58. The highest BCUT2D eigenvalue weighted by Gasteiger charge is 2.22. The van der Waals surface area contributed by atoms with Crippen LogP contribution in [0, 0.1) is 18.8 Å². The average Bonchev–Trinajstić information content (AvgIpc) is 3.01. The van der Waals surface area contributed by atoms with Crippen LogP contribution in [0.5, 0.6) is 0 Å². The molecule has 1 N–H and O–H groups in total. The number of nitrogens with one attached hydrogen (secondary N) is 1. The maximum atomic E-state index is 4.46. The van der Waals surface area contributed by atoms with Crippen LogP contribution in [-0.2, 0) is 0 Å². The molecule has 21 heavy (non-hydrogen) atoms. The molecule has 2 aromatic rings. The summed E-state index contributed by atoms with van der Waals surface area (Å²) in [6, 6.07) is 2.08. The molecule has 1 atom stereocenters. The molecule has 0 bridgehead atoms. The summed E-state index contributed by atoms with van der Waals surface area (Å²) in [5.74, 6) is 2.41. The van der Waals surface area contributed by atoms with Crippen LogP contribution in [0.3, 0.4) is 0 Å². The number of rotatable bonds is 5. The van der Waals surface area contributed by atoms with Gasteiger partial charge in [0.25, 0.3) is 0 Å². The molecule has 114 valence electrons. The van der Waals surface area contributed by atoms with Crippen molar-refractivity contribution in [2.75, 3.05) is 31.5 Å². The summed E-state index contributed by atoms with van der Waals surface area (Å²) in [5, 5.41) is 7.94. The lowest BCUT2D eigenvalue weighted by Gasteiger charge is -2.18. The fourth-order valence-electron chi connectivity index (χ4n) is 3.18. The molecule has 1 saturated heterocycles. The highest BCUT2D eigenvalue weighted by molar-refractivity contribution is 5.67. The van der Waals surface area contributed by atoms with Crippen molar-refractivity contribution in [1.29, 1.82) is 0 Å². The number of fused-ring (bicyclic) bond motifs is 1. The van der Waals surface area contributed by atoms with Crippen molar-refractivity contribution >= 4 is 11.3 Å². The molecule has 5 heteroatoms. The smallest absolute Gasteiger partial charge is 0.152 e. The number of aromatic nitrogens is 3. The van der Waals surface area contributed by atoms with Gasteiger partial charge in [0.15, 0.2) is 5.82 Å². The lowest BCUT2D eigenvalue weighted by atomic mass is 10.1. The van der Waals surface area contributed by atoms with E-state index in [9.17, 15) is 0 Å². The van der Waals surface area contributed by atoms with Gasteiger partial charge < -0.3 is 10.2 Å². The highest BCUT2D eigenvalue weighted by Crippen LogP contribution is 2.20. The van der Waals surface area contributed by atoms with Gasteiger partial charge in [0.1, 0.15) is 5.52 Å². The molecule has 0 radical (unpaired) electrons. The first kappa shape index (κ1) is 14.3. The zero-order valence-corrected chi connectivity index (χ0v) is 13.2. The van der Waals surface area contributed by atoms with E-state index in [0.29, 0.717) is 0 Å². The molecule has 1 aliphatic heterocycles. The molecule has 0 aliphatic carbocycles. The number of aryl methyl sites for hydroxylation is 1. The molecule has 1 fully saturated rings. The van der Waals surface area contributed by atoms with Gasteiger partial charge in [0, 0.05) is 32.0 Å². The van der Waals surface area contributed by atoms with Gasteiger partial charge in [-0.15, -0.1) is 0 Å². The van der Waals surface area contributed by atoms with E-state index < -0.39 is 0 Å². The molecule has 3 heterocycles. The SMILES string of the molecule is Cc1cc2c(NCC3CCN(CC(C)C)C3)nccn2n1. The van der Waals surface area contributed by atoms with Gasteiger partial charge in [-0.2, -0.15) is 5.10 Å². The first-order chi connectivity index (χ1) is 10.1. The van der Waals surface area contributed by atoms with Crippen LogP contribution in [0.2, 0.25) is 0 Å².